The van der Waals surface area contributed by atoms with Crippen molar-refractivity contribution in [3.63, 3.8) is 0 Å². The monoisotopic (exact) mass is 370 g/mol. The lowest BCUT2D eigenvalue weighted by atomic mass is 10.2. The molecular formula is C16H22N2O2S3. The van der Waals surface area contributed by atoms with Crippen LogP contribution in [0.3, 0.4) is 0 Å². The first-order valence-corrected chi connectivity index (χ1v) is 11.1. The van der Waals surface area contributed by atoms with Gasteiger partial charge in [0.05, 0.1) is 15.5 Å². The first kappa shape index (κ1) is 17.1. The van der Waals surface area contributed by atoms with Gasteiger partial charge in [-0.25, -0.2) is 18.1 Å². The van der Waals surface area contributed by atoms with Gasteiger partial charge in [-0.05, 0) is 31.7 Å². The van der Waals surface area contributed by atoms with E-state index in [1.807, 2.05) is 6.92 Å². The number of thiophene rings is 1. The second-order valence-electron chi connectivity index (χ2n) is 6.37. The molecule has 0 bridgehead atoms. The molecule has 1 aliphatic rings. The van der Waals surface area contributed by atoms with Gasteiger partial charge in [0.2, 0.25) is 10.0 Å². The molecule has 1 N–H and O–H groups in total. The van der Waals surface area contributed by atoms with E-state index in [1.54, 1.807) is 17.4 Å². The summed E-state index contributed by atoms with van der Waals surface area (Å²) in [4.78, 5) is 6.80. The lowest BCUT2D eigenvalue weighted by molar-refractivity contribution is 0.552. The van der Waals surface area contributed by atoms with Crippen LogP contribution in [0, 0.1) is 6.92 Å². The van der Waals surface area contributed by atoms with Crippen LogP contribution in [0.15, 0.2) is 16.3 Å². The van der Waals surface area contributed by atoms with Crippen molar-refractivity contribution in [3.8, 4) is 9.88 Å². The average molecular weight is 371 g/mol. The quantitative estimate of drug-likeness (QED) is 0.841. The summed E-state index contributed by atoms with van der Waals surface area (Å²) in [5.41, 5.74) is 1.06. The molecule has 1 aliphatic carbocycles. The molecule has 0 saturated heterocycles. The Morgan fingerprint density at radius 2 is 2.00 bits per heavy atom. The molecule has 2 heterocycles. The van der Waals surface area contributed by atoms with Gasteiger partial charge in [-0.2, -0.15) is 0 Å². The van der Waals surface area contributed by atoms with E-state index in [9.17, 15) is 8.42 Å². The summed E-state index contributed by atoms with van der Waals surface area (Å²) in [6, 6.07) is 1.87. The minimum atomic E-state index is -3.43. The second-order valence-corrected chi connectivity index (χ2v) is 10.2. The lowest BCUT2D eigenvalue weighted by Crippen LogP contribution is -2.32. The third kappa shape index (κ3) is 3.68. The number of thiazole rings is 1. The molecule has 0 atom stereocenters. The van der Waals surface area contributed by atoms with E-state index in [0.29, 0.717) is 10.8 Å². The number of rotatable bonds is 5. The van der Waals surface area contributed by atoms with Gasteiger partial charge < -0.3 is 0 Å². The van der Waals surface area contributed by atoms with Gasteiger partial charge in [-0.15, -0.1) is 22.7 Å². The van der Waals surface area contributed by atoms with Crippen LogP contribution in [0.2, 0.25) is 0 Å². The van der Waals surface area contributed by atoms with Crippen molar-refractivity contribution in [2.24, 2.45) is 0 Å². The highest BCUT2D eigenvalue weighted by Gasteiger charge is 2.26. The fourth-order valence-corrected chi connectivity index (χ4v) is 6.77. The first-order chi connectivity index (χ1) is 10.9. The fraction of sp³-hybridized carbons (Fsp3) is 0.562. The van der Waals surface area contributed by atoms with E-state index in [4.69, 9.17) is 0 Å². The lowest BCUT2D eigenvalue weighted by Gasteiger charge is -2.11. The zero-order chi connectivity index (χ0) is 16.6. The summed E-state index contributed by atoms with van der Waals surface area (Å²) in [5.74, 6) is 0.383. The predicted molar refractivity (Wildman–Crippen MR) is 96.8 cm³/mol. The smallest absolute Gasteiger partial charge is 0.240 e. The van der Waals surface area contributed by atoms with Crippen molar-refractivity contribution in [2.45, 2.75) is 63.3 Å². The Morgan fingerprint density at radius 3 is 2.61 bits per heavy atom. The molecule has 126 valence electrons. The van der Waals surface area contributed by atoms with Crippen LogP contribution in [0.5, 0.6) is 0 Å². The molecule has 1 saturated carbocycles. The molecule has 4 nitrogen and oxygen atoms in total. The van der Waals surface area contributed by atoms with Crippen molar-refractivity contribution in [1.82, 2.24) is 9.71 Å². The maximum absolute atomic E-state index is 12.6. The summed E-state index contributed by atoms with van der Waals surface area (Å²) < 4.78 is 28.2. The SMILES string of the molecule is Cc1sc(-c2nc(C(C)C)cs2)cc1S(=O)(=O)NC1CCCC1. The Kier molecular flexibility index (Phi) is 4.92. The molecule has 0 radical (unpaired) electrons. The van der Waals surface area contributed by atoms with Crippen LogP contribution in [0.1, 0.15) is 56.0 Å². The highest BCUT2D eigenvalue weighted by Crippen LogP contribution is 2.36. The molecule has 0 aromatic carbocycles. The standard InChI is InChI=1S/C16H22N2O2S3/c1-10(2)13-9-21-16(17-13)14-8-15(11(3)22-14)23(19,20)18-12-6-4-5-7-12/h8-10,12,18H,4-7H2,1-3H3. The van der Waals surface area contributed by atoms with E-state index in [1.165, 1.54) is 11.3 Å². The molecule has 7 heteroatoms. The van der Waals surface area contributed by atoms with Crippen molar-refractivity contribution >= 4 is 32.7 Å². The number of nitrogens with one attached hydrogen (secondary N) is 1. The van der Waals surface area contributed by atoms with Gasteiger partial charge in [-0.3, -0.25) is 0 Å². The minimum absolute atomic E-state index is 0.0927. The third-order valence-corrected chi connectivity index (χ3v) is 8.02. The van der Waals surface area contributed by atoms with Gasteiger partial charge in [-0.1, -0.05) is 26.7 Å². The topological polar surface area (TPSA) is 59.1 Å². The number of nitrogens with zero attached hydrogens (tertiary/aromatic N) is 1. The zero-order valence-electron chi connectivity index (χ0n) is 13.6. The Labute approximate surface area is 146 Å². The van der Waals surface area contributed by atoms with E-state index in [-0.39, 0.29) is 6.04 Å². The van der Waals surface area contributed by atoms with Crippen LogP contribution in [0.4, 0.5) is 0 Å². The summed E-state index contributed by atoms with van der Waals surface area (Å²) in [7, 11) is -3.43. The van der Waals surface area contributed by atoms with Gasteiger partial charge in [0.1, 0.15) is 5.01 Å². The first-order valence-electron chi connectivity index (χ1n) is 7.95. The van der Waals surface area contributed by atoms with Gasteiger partial charge in [0.15, 0.2) is 0 Å². The Balaban J connectivity index is 1.87. The Hall–Kier alpha value is -0.760. The molecule has 2 aromatic heterocycles. The molecule has 0 amide bonds. The number of sulfonamides is 1. The maximum Gasteiger partial charge on any atom is 0.241 e. The number of aryl methyl sites for hydroxylation is 1. The molecule has 0 aliphatic heterocycles. The number of hydrogen-bond donors (Lipinski definition) is 1. The molecule has 3 rings (SSSR count). The summed E-state index contributed by atoms with van der Waals surface area (Å²) >= 11 is 3.09. The van der Waals surface area contributed by atoms with Crippen LogP contribution < -0.4 is 4.72 Å². The summed E-state index contributed by atoms with van der Waals surface area (Å²) in [6.07, 6.45) is 4.11. The molecule has 23 heavy (non-hydrogen) atoms. The van der Waals surface area contributed by atoms with Crippen LogP contribution in [-0.2, 0) is 10.0 Å². The zero-order valence-corrected chi connectivity index (χ0v) is 16.1. The van der Waals surface area contributed by atoms with Crippen molar-refractivity contribution < 1.29 is 8.42 Å². The van der Waals surface area contributed by atoms with E-state index in [0.717, 1.165) is 46.1 Å². The van der Waals surface area contributed by atoms with E-state index >= 15 is 0 Å². The van der Waals surface area contributed by atoms with Gasteiger partial charge in [0.25, 0.3) is 0 Å². The minimum Gasteiger partial charge on any atom is -0.240 e. The largest absolute Gasteiger partial charge is 0.241 e. The van der Waals surface area contributed by atoms with E-state index < -0.39 is 10.0 Å². The van der Waals surface area contributed by atoms with Crippen LogP contribution >= 0.6 is 22.7 Å². The Bertz CT molecular complexity index is 784. The van der Waals surface area contributed by atoms with Crippen LogP contribution in [-0.4, -0.2) is 19.4 Å². The van der Waals surface area contributed by atoms with Gasteiger partial charge in [0, 0.05) is 16.3 Å². The third-order valence-electron chi connectivity index (χ3n) is 4.16. The van der Waals surface area contributed by atoms with Crippen LogP contribution in [0.25, 0.3) is 9.88 Å². The maximum atomic E-state index is 12.6. The summed E-state index contributed by atoms with van der Waals surface area (Å²) in [6.45, 7) is 6.09. The van der Waals surface area contributed by atoms with Crippen molar-refractivity contribution in [3.05, 3.63) is 22.0 Å². The molecule has 0 spiro atoms. The normalized spacial score (nSPS) is 16.5. The average Bonchev–Trinajstić information content (AvgIpc) is 3.16. The van der Waals surface area contributed by atoms with E-state index in [2.05, 4.69) is 28.9 Å². The number of aromatic nitrogens is 1. The highest BCUT2D eigenvalue weighted by atomic mass is 32.2. The number of hydrogen-bond acceptors (Lipinski definition) is 5. The molecular weight excluding hydrogens is 348 g/mol. The predicted octanol–water partition coefficient (Wildman–Crippen LogP) is 4.52. The van der Waals surface area contributed by atoms with Crippen molar-refractivity contribution in [1.29, 1.82) is 0 Å². The molecule has 1 fully saturated rings. The van der Waals surface area contributed by atoms with Gasteiger partial charge >= 0.3 is 0 Å². The summed E-state index contributed by atoms with van der Waals surface area (Å²) in [5, 5.41) is 2.96. The molecule has 0 unspecified atom stereocenters. The Morgan fingerprint density at radius 1 is 1.30 bits per heavy atom. The fourth-order valence-electron chi connectivity index (χ4n) is 2.83. The van der Waals surface area contributed by atoms with Crippen molar-refractivity contribution in [2.75, 3.05) is 0 Å². The highest BCUT2D eigenvalue weighted by molar-refractivity contribution is 7.89. The second kappa shape index (κ2) is 6.63. The molecule has 2 aromatic rings.